The Morgan fingerprint density at radius 2 is 1.87 bits per heavy atom. The molecule has 31 heavy (non-hydrogen) atoms. The number of anilines is 1. The fourth-order valence-corrected chi connectivity index (χ4v) is 4.98. The van der Waals surface area contributed by atoms with Crippen LogP contribution in [0.25, 0.3) is 10.2 Å². The van der Waals surface area contributed by atoms with Gasteiger partial charge in [0, 0.05) is 30.2 Å². The second-order valence-corrected chi connectivity index (χ2v) is 9.41. The Balaban J connectivity index is 0.00000341. The number of halogens is 1. The zero-order chi connectivity index (χ0) is 21.5. The summed E-state index contributed by atoms with van der Waals surface area (Å²) in [5.74, 6) is 1.69. The van der Waals surface area contributed by atoms with Crippen molar-refractivity contribution in [1.82, 2.24) is 9.88 Å². The predicted molar refractivity (Wildman–Crippen MR) is 135 cm³/mol. The van der Waals surface area contributed by atoms with Gasteiger partial charge in [-0.3, -0.25) is 9.69 Å². The fraction of sp³-hybridized carbons (Fsp3) is 0.391. The number of rotatable bonds is 10. The molecule has 0 unspecified atom stereocenters. The Morgan fingerprint density at radius 1 is 1.13 bits per heavy atom. The molecule has 0 radical (unpaired) electrons. The molecule has 0 N–H and O–H groups in total. The normalized spacial score (nSPS) is 10.9. The molecule has 8 heteroatoms. The molecule has 0 aliphatic heterocycles. The van der Waals surface area contributed by atoms with Crippen LogP contribution in [0.2, 0.25) is 0 Å². The molecule has 0 atom stereocenters. The van der Waals surface area contributed by atoms with Crippen molar-refractivity contribution in [2.45, 2.75) is 24.7 Å². The molecule has 1 aromatic heterocycles. The number of thioether (sulfide) groups is 1. The molecule has 2 aromatic carbocycles. The number of carbonyl (C=O) groups excluding carboxylic acids is 1. The van der Waals surface area contributed by atoms with Crippen molar-refractivity contribution in [3.8, 4) is 5.75 Å². The number of ether oxygens (including phenoxy) is 1. The molecule has 0 aliphatic carbocycles. The second kappa shape index (κ2) is 12.3. The van der Waals surface area contributed by atoms with E-state index in [9.17, 15) is 4.79 Å². The lowest BCUT2D eigenvalue weighted by molar-refractivity contribution is -0.118. The highest BCUT2D eigenvalue weighted by molar-refractivity contribution is 7.99. The number of aromatic nitrogens is 1. The zero-order valence-electron chi connectivity index (χ0n) is 18.5. The molecule has 0 spiro atoms. The SMILES string of the molecule is CCc1cccc2sc(N(CCN(C)C)C(=O)CCSc3ccc(OC)cc3)nc12.Cl. The first-order chi connectivity index (χ1) is 14.5. The van der Waals surface area contributed by atoms with Gasteiger partial charge in [0.25, 0.3) is 0 Å². The van der Waals surface area contributed by atoms with Gasteiger partial charge in [-0.25, -0.2) is 4.98 Å². The minimum Gasteiger partial charge on any atom is -0.497 e. The maximum absolute atomic E-state index is 13.1. The minimum absolute atomic E-state index is 0. The number of nitrogens with zero attached hydrogens (tertiary/aromatic N) is 3. The van der Waals surface area contributed by atoms with Crippen LogP contribution in [0.4, 0.5) is 5.13 Å². The Kier molecular flexibility index (Phi) is 10.1. The van der Waals surface area contributed by atoms with E-state index in [1.54, 1.807) is 30.2 Å². The summed E-state index contributed by atoms with van der Waals surface area (Å²) in [5, 5.41) is 0.798. The van der Waals surface area contributed by atoms with Crippen LogP contribution >= 0.6 is 35.5 Å². The van der Waals surface area contributed by atoms with E-state index in [1.165, 1.54) is 5.56 Å². The summed E-state index contributed by atoms with van der Waals surface area (Å²) in [6, 6.07) is 14.2. The molecular formula is C23H30ClN3O2S2. The molecule has 0 aliphatic rings. The maximum Gasteiger partial charge on any atom is 0.229 e. The quantitative estimate of drug-likeness (QED) is 0.366. The number of aryl methyl sites for hydroxylation is 1. The van der Waals surface area contributed by atoms with Crippen molar-refractivity contribution in [3.63, 3.8) is 0 Å². The predicted octanol–water partition coefficient (Wildman–Crippen LogP) is 5.37. The molecule has 3 aromatic rings. The minimum atomic E-state index is 0. The third kappa shape index (κ3) is 6.84. The smallest absolute Gasteiger partial charge is 0.229 e. The average Bonchev–Trinajstić information content (AvgIpc) is 3.18. The van der Waals surface area contributed by atoms with Crippen molar-refractivity contribution < 1.29 is 9.53 Å². The van der Waals surface area contributed by atoms with Crippen LogP contribution < -0.4 is 9.64 Å². The first-order valence-electron chi connectivity index (χ1n) is 10.1. The third-order valence-electron chi connectivity index (χ3n) is 4.82. The summed E-state index contributed by atoms with van der Waals surface area (Å²) < 4.78 is 6.34. The molecule has 0 fully saturated rings. The molecule has 0 saturated heterocycles. The van der Waals surface area contributed by atoms with E-state index >= 15 is 0 Å². The highest BCUT2D eigenvalue weighted by Crippen LogP contribution is 2.31. The number of hydrogen-bond donors (Lipinski definition) is 0. The number of benzene rings is 2. The van der Waals surface area contributed by atoms with Crippen LogP contribution in [0.3, 0.4) is 0 Å². The Hall–Kier alpha value is -1.80. The van der Waals surface area contributed by atoms with Gasteiger partial charge in [0.2, 0.25) is 5.91 Å². The molecule has 168 valence electrons. The summed E-state index contributed by atoms with van der Waals surface area (Å²) in [4.78, 5) is 23.1. The monoisotopic (exact) mass is 479 g/mol. The van der Waals surface area contributed by atoms with Crippen molar-refractivity contribution in [3.05, 3.63) is 48.0 Å². The van der Waals surface area contributed by atoms with Crippen LogP contribution in [0, 0.1) is 0 Å². The van der Waals surface area contributed by atoms with Crippen LogP contribution in [-0.2, 0) is 11.2 Å². The number of amides is 1. The van der Waals surface area contributed by atoms with E-state index in [-0.39, 0.29) is 18.3 Å². The summed E-state index contributed by atoms with van der Waals surface area (Å²) in [5.41, 5.74) is 2.25. The molecule has 1 amide bonds. The number of methoxy groups -OCH3 is 1. The molecule has 1 heterocycles. The molecular weight excluding hydrogens is 450 g/mol. The second-order valence-electron chi connectivity index (χ2n) is 7.24. The van der Waals surface area contributed by atoms with E-state index in [0.29, 0.717) is 13.0 Å². The van der Waals surface area contributed by atoms with Crippen LogP contribution in [-0.4, -0.2) is 55.8 Å². The van der Waals surface area contributed by atoms with E-state index in [1.807, 2.05) is 43.3 Å². The Labute approximate surface area is 199 Å². The third-order valence-corrected chi connectivity index (χ3v) is 6.88. The topological polar surface area (TPSA) is 45.7 Å². The first-order valence-corrected chi connectivity index (χ1v) is 11.9. The highest BCUT2D eigenvalue weighted by atomic mass is 35.5. The van der Waals surface area contributed by atoms with Crippen molar-refractivity contribution in [2.75, 3.05) is 44.9 Å². The molecule has 0 bridgehead atoms. The maximum atomic E-state index is 13.1. The van der Waals surface area contributed by atoms with Gasteiger partial charge in [-0.2, -0.15) is 0 Å². The summed E-state index contributed by atoms with van der Waals surface area (Å²) in [6.07, 6.45) is 1.41. The molecule has 5 nitrogen and oxygen atoms in total. The van der Waals surface area contributed by atoms with E-state index in [2.05, 4.69) is 30.0 Å². The average molecular weight is 480 g/mol. The lowest BCUT2D eigenvalue weighted by Crippen LogP contribution is -2.36. The van der Waals surface area contributed by atoms with Crippen molar-refractivity contribution in [1.29, 1.82) is 0 Å². The fourth-order valence-electron chi connectivity index (χ4n) is 3.08. The van der Waals surface area contributed by atoms with E-state index in [0.717, 1.165) is 44.7 Å². The first kappa shape index (κ1) is 25.5. The van der Waals surface area contributed by atoms with Crippen molar-refractivity contribution >= 4 is 56.8 Å². The van der Waals surface area contributed by atoms with Crippen LogP contribution in [0.1, 0.15) is 18.9 Å². The standard InChI is InChI=1S/C23H29N3O2S2.ClH/c1-5-17-7-6-8-20-22(17)24-23(30-20)26(15-14-25(2)3)21(27)13-16-29-19-11-9-18(28-4)10-12-19;/h6-12H,5,13-16H2,1-4H3;1H. The Morgan fingerprint density at radius 3 is 2.52 bits per heavy atom. The highest BCUT2D eigenvalue weighted by Gasteiger charge is 2.20. The summed E-state index contributed by atoms with van der Waals surface area (Å²) in [6.45, 7) is 3.58. The molecule has 0 saturated carbocycles. The van der Waals surface area contributed by atoms with E-state index in [4.69, 9.17) is 9.72 Å². The number of fused-ring (bicyclic) bond motifs is 1. The molecule has 3 rings (SSSR count). The van der Waals surface area contributed by atoms with E-state index < -0.39 is 0 Å². The van der Waals surface area contributed by atoms with Gasteiger partial charge in [0.15, 0.2) is 5.13 Å². The van der Waals surface area contributed by atoms with Gasteiger partial charge in [0.1, 0.15) is 5.75 Å². The van der Waals surface area contributed by atoms with Gasteiger partial charge in [-0.15, -0.1) is 24.2 Å². The van der Waals surface area contributed by atoms with Gasteiger partial charge in [0.05, 0.1) is 17.3 Å². The lowest BCUT2D eigenvalue weighted by Gasteiger charge is -2.22. The van der Waals surface area contributed by atoms with Gasteiger partial charge >= 0.3 is 0 Å². The zero-order valence-corrected chi connectivity index (χ0v) is 20.9. The Bertz CT molecular complexity index is 977. The number of hydrogen-bond acceptors (Lipinski definition) is 6. The number of para-hydroxylation sites is 1. The number of thiazole rings is 1. The van der Waals surface area contributed by atoms with Crippen LogP contribution in [0.5, 0.6) is 5.75 Å². The number of likely N-dealkylation sites (N-methyl/N-ethyl adjacent to an activating group) is 1. The lowest BCUT2D eigenvalue weighted by atomic mass is 10.1. The summed E-state index contributed by atoms with van der Waals surface area (Å²) in [7, 11) is 5.71. The van der Waals surface area contributed by atoms with Crippen molar-refractivity contribution in [2.24, 2.45) is 0 Å². The van der Waals surface area contributed by atoms with Crippen LogP contribution in [0.15, 0.2) is 47.4 Å². The van der Waals surface area contributed by atoms with Gasteiger partial charge in [-0.05, 0) is 56.4 Å². The largest absolute Gasteiger partial charge is 0.497 e. The number of carbonyl (C=O) groups is 1. The van der Waals surface area contributed by atoms with Gasteiger partial charge < -0.3 is 9.64 Å². The van der Waals surface area contributed by atoms with Gasteiger partial charge in [-0.1, -0.05) is 30.4 Å². The summed E-state index contributed by atoms with van der Waals surface area (Å²) >= 11 is 3.29.